The van der Waals surface area contributed by atoms with E-state index in [-0.39, 0.29) is 18.0 Å². The lowest BCUT2D eigenvalue weighted by atomic mass is 9.92. The number of aryl methyl sites for hydroxylation is 2. The molecule has 1 saturated heterocycles. The van der Waals surface area contributed by atoms with Gasteiger partial charge >= 0.3 is 0 Å². The van der Waals surface area contributed by atoms with Crippen LogP contribution in [0.25, 0.3) is 0 Å². The normalized spacial score (nSPS) is 21.3. The summed E-state index contributed by atoms with van der Waals surface area (Å²) in [6.45, 7) is 2.60. The molecule has 0 bridgehead atoms. The van der Waals surface area contributed by atoms with Crippen LogP contribution in [-0.4, -0.2) is 21.7 Å². The fourth-order valence-electron chi connectivity index (χ4n) is 3.10. The number of amides is 1. The van der Waals surface area contributed by atoms with Crippen LogP contribution in [0.4, 0.5) is 0 Å². The Morgan fingerprint density at radius 2 is 2.13 bits per heavy atom. The summed E-state index contributed by atoms with van der Waals surface area (Å²) in [7, 11) is 1.84. The van der Waals surface area contributed by atoms with Crippen LogP contribution in [0.3, 0.4) is 0 Å². The van der Waals surface area contributed by atoms with E-state index >= 15 is 0 Å². The molecule has 3 rings (SSSR count). The molecule has 1 aliphatic rings. The van der Waals surface area contributed by atoms with Crippen LogP contribution >= 0.6 is 11.6 Å². The SMILES string of the molecule is Cc1nn(C)c(Cl)c1CN[C@@H]1CCC(=O)N[C@H]1c1ccccc1. The lowest BCUT2D eigenvalue weighted by Crippen LogP contribution is -2.48. The number of carbonyl (C=O) groups excluding carboxylic acids is 1. The van der Waals surface area contributed by atoms with Crippen molar-refractivity contribution in [2.45, 2.75) is 38.4 Å². The second-order valence-corrected chi connectivity index (χ2v) is 6.32. The van der Waals surface area contributed by atoms with Gasteiger partial charge in [0, 0.05) is 31.6 Å². The van der Waals surface area contributed by atoms with Gasteiger partial charge in [-0.05, 0) is 18.9 Å². The molecular weight excluding hydrogens is 312 g/mol. The molecule has 0 saturated carbocycles. The Morgan fingerprint density at radius 3 is 2.78 bits per heavy atom. The second-order valence-electron chi connectivity index (χ2n) is 5.96. The predicted octanol–water partition coefficient (Wildman–Crippen LogP) is 2.49. The molecule has 1 amide bonds. The number of aromatic nitrogens is 2. The lowest BCUT2D eigenvalue weighted by molar-refractivity contribution is -0.123. The first-order valence-corrected chi connectivity index (χ1v) is 8.19. The van der Waals surface area contributed by atoms with Crippen LogP contribution in [0, 0.1) is 6.92 Å². The molecule has 2 atom stereocenters. The number of piperidine rings is 1. The van der Waals surface area contributed by atoms with E-state index in [1.54, 1.807) is 4.68 Å². The number of carbonyl (C=O) groups is 1. The van der Waals surface area contributed by atoms with Crippen LogP contribution in [0.2, 0.25) is 5.15 Å². The third-order valence-electron chi connectivity index (χ3n) is 4.37. The highest BCUT2D eigenvalue weighted by Crippen LogP contribution is 2.25. The first kappa shape index (κ1) is 16.0. The zero-order valence-electron chi connectivity index (χ0n) is 13.3. The molecule has 2 aromatic rings. The standard InChI is InChI=1S/C17H21ClN4O/c1-11-13(17(18)22(2)21-11)10-19-14-8-9-15(23)20-16(14)12-6-4-3-5-7-12/h3-7,14,16,19H,8-10H2,1-2H3,(H,20,23)/t14-,16+/m1/s1. The average Bonchev–Trinajstić information content (AvgIpc) is 2.80. The van der Waals surface area contributed by atoms with Crippen molar-refractivity contribution < 1.29 is 4.79 Å². The zero-order chi connectivity index (χ0) is 16.4. The number of hydrogen-bond donors (Lipinski definition) is 2. The Hall–Kier alpha value is -1.85. The summed E-state index contributed by atoms with van der Waals surface area (Å²) in [4.78, 5) is 11.8. The van der Waals surface area contributed by atoms with E-state index in [2.05, 4.69) is 15.7 Å². The Bertz CT molecular complexity index is 698. The van der Waals surface area contributed by atoms with E-state index in [1.165, 1.54) is 0 Å². The van der Waals surface area contributed by atoms with Crippen molar-refractivity contribution in [1.82, 2.24) is 20.4 Å². The molecule has 1 aromatic carbocycles. The van der Waals surface area contributed by atoms with E-state index in [9.17, 15) is 4.79 Å². The fourth-order valence-corrected chi connectivity index (χ4v) is 3.34. The summed E-state index contributed by atoms with van der Waals surface area (Å²) in [5.74, 6) is 0.104. The molecule has 0 radical (unpaired) electrons. The highest BCUT2D eigenvalue weighted by atomic mass is 35.5. The summed E-state index contributed by atoms with van der Waals surface area (Å²) in [5, 5.41) is 11.6. The van der Waals surface area contributed by atoms with Crippen LogP contribution in [0.5, 0.6) is 0 Å². The summed E-state index contributed by atoms with van der Waals surface area (Å²) in [6.07, 6.45) is 1.35. The van der Waals surface area contributed by atoms with Crippen molar-refractivity contribution in [2.75, 3.05) is 0 Å². The molecule has 0 spiro atoms. The summed E-state index contributed by atoms with van der Waals surface area (Å²) in [6, 6.07) is 10.2. The van der Waals surface area contributed by atoms with Gasteiger partial charge in [0.05, 0.1) is 11.7 Å². The quantitative estimate of drug-likeness (QED) is 0.904. The maximum Gasteiger partial charge on any atom is 0.220 e. The number of nitrogens with one attached hydrogen (secondary N) is 2. The van der Waals surface area contributed by atoms with Gasteiger partial charge in [0.15, 0.2) is 0 Å². The number of benzene rings is 1. The number of hydrogen-bond acceptors (Lipinski definition) is 3. The van der Waals surface area contributed by atoms with Crippen molar-refractivity contribution in [2.24, 2.45) is 7.05 Å². The van der Waals surface area contributed by atoms with E-state index in [1.807, 2.05) is 44.3 Å². The van der Waals surface area contributed by atoms with Crippen molar-refractivity contribution in [3.8, 4) is 0 Å². The van der Waals surface area contributed by atoms with E-state index in [4.69, 9.17) is 11.6 Å². The minimum atomic E-state index is -0.0202. The van der Waals surface area contributed by atoms with Crippen LogP contribution in [0.1, 0.15) is 35.7 Å². The first-order chi connectivity index (χ1) is 11.1. The molecule has 1 aliphatic heterocycles. The van der Waals surface area contributed by atoms with Crippen molar-refractivity contribution in [3.05, 3.63) is 52.3 Å². The molecule has 23 heavy (non-hydrogen) atoms. The molecule has 2 N–H and O–H groups in total. The summed E-state index contributed by atoms with van der Waals surface area (Å²) in [5.41, 5.74) is 3.06. The Morgan fingerprint density at radius 1 is 1.39 bits per heavy atom. The first-order valence-electron chi connectivity index (χ1n) is 7.82. The van der Waals surface area contributed by atoms with Crippen LogP contribution in [0.15, 0.2) is 30.3 Å². The lowest BCUT2D eigenvalue weighted by Gasteiger charge is -2.33. The Labute approximate surface area is 141 Å². The van der Waals surface area contributed by atoms with Crippen molar-refractivity contribution >= 4 is 17.5 Å². The van der Waals surface area contributed by atoms with Gasteiger partial charge in [0.1, 0.15) is 5.15 Å². The van der Waals surface area contributed by atoms with Gasteiger partial charge in [-0.1, -0.05) is 41.9 Å². The molecule has 0 aliphatic carbocycles. The maximum atomic E-state index is 11.8. The number of halogens is 1. The minimum absolute atomic E-state index is 0.0202. The Kier molecular flexibility index (Phi) is 4.68. The van der Waals surface area contributed by atoms with Gasteiger partial charge in [0.25, 0.3) is 0 Å². The molecule has 5 nitrogen and oxygen atoms in total. The Balaban J connectivity index is 1.76. The highest BCUT2D eigenvalue weighted by molar-refractivity contribution is 6.30. The smallest absolute Gasteiger partial charge is 0.220 e. The third-order valence-corrected chi connectivity index (χ3v) is 4.84. The number of rotatable bonds is 4. The maximum absolute atomic E-state index is 11.8. The van der Waals surface area contributed by atoms with Crippen LogP contribution in [-0.2, 0) is 18.4 Å². The van der Waals surface area contributed by atoms with Crippen LogP contribution < -0.4 is 10.6 Å². The largest absolute Gasteiger partial charge is 0.348 e. The molecule has 2 heterocycles. The second kappa shape index (κ2) is 6.72. The zero-order valence-corrected chi connectivity index (χ0v) is 14.1. The highest BCUT2D eigenvalue weighted by Gasteiger charge is 2.29. The molecule has 122 valence electrons. The topological polar surface area (TPSA) is 59.0 Å². The fraction of sp³-hybridized carbons (Fsp3) is 0.412. The molecular formula is C17H21ClN4O. The van der Waals surface area contributed by atoms with Gasteiger partial charge in [-0.15, -0.1) is 0 Å². The van der Waals surface area contributed by atoms with Gasteiger partial charge in [-0.2, -0.15) is 5.10 Å². The third kappa shape index (κ3) is 3.41. The minimum Gasteiger partial charge on any atom is -0.348 e. The van der Waals surface area contributed by atoms with Gasteiger partial charge in [-0.3, -0.25) is 9.48 Å². The van der Waals surface area contributed by atoms with Gasteiger partial charge in [-0.25, -0.2) is 0 Å². The molecule has 1 fully saturated rings. The molecule has 0 unspecified atom stereocenters. The monoisotopic (exact) mass is 332 g/mol. The number of nitrogens with zero attached hydrogens (tertiary/aromatic N) is 2. The molecule has 6 heteroatoms. The van der Waals surface area contributed by atoms with Crippen molar-refractivity contribution in [1.29, 1.82) is 0 Å². The van der Waals surface area contributed by atoms with Gasteiger partial charge in [0.2, 0.25) is 5.91 Å². The van der Waals surface area contributed by atoms with Crippen molar-refractivity contribution in [3.63, 3.8) is 0 Å². The molecule has 1 aromatic heterocycles. The summed E-state index contributed by atoms with van der Waals surface area (Å²) < 4.78 is 1.69. The van der Waals surface area contributed by atoms with E-state index in [0.717, 1.165) is 23.2 Å². The average molecular weight is 333 g/mol. The predicted molar refractivity (Wildman–Crippen MR) is 90.1 cm³/mol. The van der Waals surface area contributed by atoms with E-state index < -0.39 is 0 Å². The van der Waals surface area contributed by atoms with Gasteiger partial charge < -0.3 is 10.6 Å². The summed E-state index contributed by atoms with van der Waals surface area (Å²) >= 11 is 6.30. The van der Waals surface area contributed by atoms with E-state index in [0.29, 0.717) is 18.1 Å².